The summed E-state index contributed by atoms with van der Waals surface area (Å²) in [6, 6.07) is 4.77. The number of ether oxygens (including phenoxy) is 3. The van der Waals surface area contributed by atoms with Gasteiger partial charge in [-0.1, -0.05) is 0 Å². The molecule has 5 heteroatoms. The summed E-state index contributed by atoms with van der Waals surface area (Å²) in [6.07, 6.45) is 0. The van der Waals surface area contributed by atoms with E-state index in [9.17, 15) is 4.79 Å². The van der Waals surface area contributed by atoms with Crippen LogP contribution in [0, 0.1) is 0 Å². The smallest absolute Gasteiger partial charge is 0.338 e. The van der Waals surface area contributed by atoms with Crippen LogP contribution in [0.1, 0.15) is 17.3 Å². The highest BCUT2D eigenvalue weighted by molar-refractivity contribution is 5.91. The van der Waals surface area contributed by atoms with Crippen molar-refractivity contribution in [3.05, 3.63) is 23.8 Å². The fourth-order valence-corrected chi connectivity index (χ4v) is 1.28. The molecule has 0 atom stereocenters. The maximum absolute atomic E-state index is 11.6. The Morgan fingerprint density at radius 1 is 1.29 bits per heavy atom. The van der Waals surface area contributed by atoms with Crippen molar-refractivity contribution in [1.29, 1.82) is 0 Å². The van der Waals surface area contributed by atoms with Crippen LogP contribution in [0.5, 0.6) is 5.75 Å². The first-order valence-electron chi connectivity index (χ1n) is 5.36. The molecule has 1 aromatic carbocycles. The van der Waals surface area contributed by atoms with Crippen LogP contribution in [0.2, 0.25) is 0 Å². The van der Waals surface area contributed by atoms with Crippen LogP contribution < -0.4 is 10.5 Å². The molecule has 0 fully saturated rings. The van der Waals surface area contributed by atoms with Crippen LogP contribution in [-0.2, 0) is 9.47 Å². The second kappa shape index (κ2) is 6.75. The number of nitrogen functional groups attached to an aromatic ring is 1. The van der Waals surface area contributed by atoms with Gasteiger partial charge >= 0.3 is 5.97 Å². The number of carbonyl (C=O) groups excluding carboxylic acids is 1. The molecule has 0 spiro atoms. The Morgan fingerprint density at radius 2 is 2.06 bits per heavy atom. The first-order valence-corrected chi connectivity index (χ1v) is 5.36. The summed E-state index contributed by atoms with van der Waals surface area (Å²) in [5.74, 6) is 0.0945. The van der Waals surface area contributed by atoms with Crippen molar-refractivity contribution in [3.8, 4) is 5.75 Å². The normalized spacial score (nSPS) is 10.0. The molecular weight excluding hydrogens is 222 g/mol. The lowest BCUT2D eigenvalue weighted by molar-refractivity contribution is 0.0335. The summed E-state index contributed by atoms with van der Waals surface area (Å²) in [4.78, 5) is 11.6. The van der Waals surface area contributed by atoms with Crippen LogP contribution in [0.15, 0.2) is 18.2 Å². The minimum Gasteiger partial charge on any atom is -0.497 e. The molecule has 0 radical (unpaired) electrons. The van der Waals surface area contributed by atoms with E-state index in [-0.39, 0.29) is 6.61 Å². The van der Waals surface area contributed by atoms with E-state index >= 15 is 0 Å². The first-order chi connectivity index (χ1) is 8.17. The van der Waals surface area contributed by atoms with Crippen molar-refractivity contribution >= 4 is 11.7 Å². The number of esters is 1. The zero-order chi connectivity index (χ0) is 12.7. The number of methoxy groups -OCH3 is 1. The van der Waals surface area contributed by atoms with Crippen molar-refractivity contribution in [1.82, 2.24) is 0 Å². The van der Waals surface area contributed by atoms with Crippen molar-refractivity contribution in [2.75, 3.05) is 32.7 Å². The van der Waals surface area contributed by atoms with Crippen LogP contribution >= 0.6 is 0 Å². The van der Waals surface area contributed by atoms with Crippen molar-refractivity contribution in [2.24, 2.45) is 0 Å². The monoisotopic (exact) mass is 239 g/mol. The van der Waals surface area contributed by atoms with E-state index in [1.807, 2.05) is 6.92 Å². The van der Waals surface area contributed by atoms with Crippen LogP contribution in [0.25, 0.3) is 0 Å². The van der Waals surface area contributed by atoms with Crippen LogP contribution in [-0.4, -0.2) is 32.9 Å². The summed E-state index contributed by atoms with van der Waals surface area (Å²) >= 11 is 0. The molecule has 0 saturated carbocycles. The first kappa shape index (κ1) is 13.3. The fourth-order valence-electron chi connectivity index (χ4n) is 1.28. The molecule has 0 amide bonds. The Balaban J connectivity index is 2.59. The van der Waals surface area contributed by atoms with E-state index in [2.05, 4.69) is 0 Å². The highest BCUT2D eigenvalue weighted by Gasteiger charge is 2.09. The summed E-state index contributed by atoms with van der Waals surface area (Å²) < 4.78 is 15.1. The third-order valence-corrected chi connectivity index (χ3v) is 2.07. The number of hydrogen-bond acceptors (Lipinski definition) is 5. The van der Waals surface area contributed by atoms with Gasteiger partial charge in [-0.3, -0.25) is 0 Å². The number of carbonyl (C=O) groups is 1. The van der Waals surface area contributed by atoms with E-state index in [4.69, 9.17) is 19.9 Å². The van der Waals surface area contributed by atoms with Crippen molar-refractivity contribution in [2.45, 2.75) is 6.92 Å². The SMILES string of the molecule is CCOCCOC(=O)c1cc(N)cc(OC)c1. The van der Waals surface area contributed by atoms with Gasteiger partial charge in [-0.15, -0.1) is 0 Å². The van der Waals surface area contributed by atoms with Gasteiger partial charge in [0.25, 0.3) is 0 Å². The molecular formula is C12H17NO4. The standard InChI is InChI=1S/C12H17NO4/c1-3-16-4-5-17-12(14)9-6-10(13)8-11(7-9)15-2/h6-8H,3-5,13H2,1-2H3. The van der Waals surface area contributed by atoms with Gasteiger partial charge < -0.3 is 19.9 Å². The fraction of sp³-hybridized carbons (Fsp3) is 0.417. The molecule has 0 heterocycles. The number of benzene rings is 1. The predicted octanol–water partition coefficient (Wildman–Crippen LogP) is 1.47. The van der Waals surface area contributed by atoms with Gasteiger partial charge in [0.15, 0.2) is 0 Å². The zero-order valence-corrected chi connectivity index (χ0v) is 10.1. The molecule has 0 aliphatic carbocycles. The minimum absolute atomic E-state index is 0.226. The van der Waals surface area contributed by atoms with Gasteiger partial charge in [0.05, 0.1) is 19.3 Å². The topological polar surface area (TPSA) is 70.8 Å². The van der Waals surface area contributed by atoms with E-state index in [1.165, 1.54) is 7.11 Å². The second-order valence-corrected chi connectivity index (χ2v) is 3.33. The molecule has 0 unspecified atom stereocenters. The van der Waals surface area contributed by atoms with E-state index in [0.29, 0.717) is 30.2 Å². The molecule has 1 aromatic rings. The summed E-state index contributed by atoms with van der Waals surface area (Å²) in [7, 11) is 1.51. The maximum Gasteiger partial charge on any atom is 0.338 e. The Morgan fingerprint density at radius 3 is 2.71 bits per heavy atom. The van der Waals surface area contributed by atoms with Crippen molar-refractivity contribution in [3.63, 3.8) is 0 Å². The lowest BCUT2D eigenvalue weighted by Gasteiger charge is -2.07. The summed E-state index contributed by atoms with van der Waals surface area (Å²) in [5.41, 5.74) is 6.47. The Hall–Kier alpha value is -1.75. The molecule has 1 rings (SSSR count). The highest BCUT2D eigenvalue weighted by atomic mass is 16.6. The minimum atomic E-state index is -0.435. The zero-order valence-electron chi connectivity index (χ0n) is 10.1. The van der Waals surface area contributed by atoms with Crippen molar-refractivity contribution < 1.29 is 19.0 Å². The average molecular weight is 239 g/mol. The Labute approximate surface area is 100 Å². The number of anilines is 1. The molecule has 0 bridgehead atoms. The van der Waals surface area contributed by atoms with Crippen LogP contribution in [0.4, 0.5) is 5.69 Å². The second-order valence-electron chi connectivity index (χ2n) is 3.33. The Bertz CT molecular complexity index is 379. The molecule has 94 valence electrons. The third-order valence-electron chi connectivity index (χ3n) is 2.07. The number of rotatable bonds is 6. The van der Waals surface area contributed by atoms with E-state index in [1.54, 1.807) is 18.2 Å². The summed E-state index contributed by atoms with van der Waals surface area (Å²) in [6.45, 7) is 3.10. The average Bonchev–Trinajstić information content (AvgIpc) is 2.33. The molecule has 0 saturated heterocycles. The largest absolute Gasteiger partial charge is 0.497 e. The van der Waals surface area contributed by atoms with Gasteiger partial charge in [0.2, 0.25) is 0 Å². The molecule has 0 aliphatic rings. The maximum atomic E-state index is 11.6. The molecule has 0 aromatic heterocycles. The van der Waals surface area contributed by atoms with Gasteiger partial charge in [0, 0.05) is 18.4 Å². The number of nitrogens with two attached hydrogens (primary N) is 1. The summed E-state index contributed by atoms with van der Waals surface area (Å²) in [5, 5.41) is 0. The predicted molar refractivity (Wildman–Crippen MR) is 64.2 cm³/mol. The van der Waals surface area contributed by atoms with Gasteiger partial charge in [-0.05, 0) is 19.1 Å². The Kier molecular flexibility index (Phi) is 5.29. The number of hydrogen-bond donors (Lipinski definition) is 1. The third kappa shape index (κ3) is 4.32. The van der Waals surface area contributed by atoms with Crippen LogP contribution in [0.3, 0.4) is 0 Å². The lowest BCUT2D eigenvalue weighted by atomic mass is 10.2. The van der Waals surface area contributed by atoms with Gasteiger partial charge in [0.1, 0.15) is 12.4 Å². The molecule has 0 aliphatic heterocycles. The molecule has 2 N–H and O–H groups in total. The lowest BCUT2D eigenvalue weighted by Crippen LogP contribution is -2.11. The highest BCUT2D eigenvalue weighted by Crippen LogP contribution is 2.18. The molecule has 5 nitrogen and oxygen atoms in total. The quantitative estimate of drug-likeness (QED) is 0.462. The van der Waals surface area contributed by atoms with E-state index < -0.39 is 5.97 Å². The van der Waals surface area contributed by atoms with Gasteiger partial charge in [-0.25, -0.2) is 4.79 Å². The van der Waals surface area contributed by atoms with Gasteiger partial charge in [-0.2, -0.15) is 0 Å². The van der Waals surface area contributed by atoms with E-state index in [0.717, 1.165) is 0 Å². The molecule has 17 heavy (non-hydrogen) atoms.